The van der Waals surface area contributed by atoms with Gasteiger partial charge in [0, 0.05) is 42.3 Å². The molecular weight excluding hydrogens is 322 g/mol. The van der Waals surface area contributed by atoms with Gasteiger partial charge in [-0.15, -0.1) is 0 Å². The van der Waals surface area contributed by atoms with Crippen LogP contribution < -0.4 is 4.90 Å². The molecular formula is C13H19N5O2S2. The number of aromatic nitrogens is 4. The van der Waals surface area contributed by atoms with E-state index in [0.717, 1.165) is 23.8 Å². The Balaban J connectivity index is 1.57. The van der Waals surface area contributed by atoms with Gasteiger partial charge in [-0.2, -0.15) is 9.36 Å². The van der Waals surface area contributed by atoms with Crippen molar-refractivity contribution >= 4 is 27.5 Å². The van der Waals surface area contributed by atoms with Gasteiger partial charge < -0.3 is 9.42 Å². The van der Waals surface area contributed by atoms with Crippen LogP contribution in [0.4, 0.5) is 5.13 Å². The predicted octanol–water partition coefficient (Wildman–Crippen LogP) is 2.09. The molecule has 0 unspecified atom stereocenters. The van der Waals surface area contributed by atoms with Crippen molar-refractivity contribution in [2.45, 2.75) is 43.1 Å². The van der Waals surface area contributed by atoms with Crippen molar-refractivity contribution in [3.63, 3.8) is 0 Å². The minimum atomic E-state index is -1.14. The van der Waals surface area contributed by atoms with Crippen molar-refractivity contribution in [2.75, 3.05) is 19.0 Å². The van der Waals surface area contributed by atoms with Gasteiger partial charge in [0.2, 0.25) is 11.0 Å². The molecule has 0 spiro atoms. The molecule has 0 amide bonds. The Bertz CT molecular complexity index is 648. The maximum Gasteiger partial charge on any atom is 0.239 e. The standard InChI is InChI=1S/C13H19N5O2S2/c1-18(2)13-14-10(17-21-13)7-22(19)8-11-15-12(16-20-11)9-5-3-4-6-9/h9H,3-8H2,1-2H3/t22-/m0/s1. The van der Waals surface area contributed by atoms with E-state index >= 15 is 0 Å². The van der Waals surface area contributed by atoms with E-state index in [0.29, 0.717) is 23.4 Å². The predicted molar refractivity (Wildman–Crippen MR) is 85.3 cm³/mol. The Morgan fingerprint density at radius 2 is 2.05 bits per heavy atom. The molecule has 120 valence electrons. The van der Waals surface area contributed by atoms with Crippen LogP contribution in [0, 0.1) is 0 Å². The number of anilines is 1. The Hall–Kier alpha value is -1.35. The first-order chi connectivity index (χ1) is 10.6. The first kappa shape index (κ1) is 15.5. The molecule has 0 bridgehead atoms. The van der Waals surface area contributed by atoms with Gasteiger partial charge in [-0.3, -0.25) is 4.21 Å². The molecule has 3 rings (SSSR count). The van der Waals surface area contributed by atoms with Gasteiger partial charge in [-0.05, 0) is 12.8 Å². The van der Waals surface area contributed by atoms with Gasteiger partial charge in [0.25, 0.3) is 0 Å². The van der Waals surface area contributed by atoms with Crippen molar-refractivity contribution in [1.29, 1.82) is 0 Å². The highest BCUT2D eigenvalue weighted by Crippen LogP contribution is 2.32. The van der Waals surface area contributed by atoms with Crippen LogP contribution in [-0.4, -0.2) is 37.8 Å². The third kappa shape index (κ3) is 3.70. The van der Waals surface area contributed by atoms with E-state index in [1.807, 2.05) is 19.0 Å². The van der Waals surface area contributed by atoms with Crippen LogP contribution >= 0.6 is 11.5 Å². The lowest BCUT2D eigenvalue weighted by atomic mass is 10.1. The number of hydrogen-bond donors (Lipinski definition) is 0. The molecule has 2 aromatic rings. The summed E-state index contributed by atoms with van der Waals surface area (Å²) in [4.78, 5) is 10.6. The maximum atomic E-state index is 12.2. The average molecular weight is 341 g/mol. The summed E-state index contributed by atoms with van der Waals surface area (Å²) in [6.45, 7) is 0. The lowest BCUT2D eigenvalue weighted by Gasteiger charge is -2.04. The highest BCUT2D eigenvalue weighted by Gasteiger charge is 2.23. The Kier molecular flexibility index (Phi) is 4.82. The average Bonchev–Trinajstić information content (AvgIpc) is 3.18. The molecule has 2 heterocycles. The fourth-order valence-corrected chi connectivity index (χ4v) is 4.09. The topological polar surface area (TPSA) is 85.0 Å². The number of hydrogen-bond acceptors (Lipinski definition) is 8. The molecule has 7 nitrogen and oxygen atoms in total. The fourth-order valence-electron chi connectivity index (χ4n) is 2.49. The SMILES string of the molecule is CN(C)c1nc(C[S@](=O)Cc2nc(C3CCCC3)no2)ns1. The third-order valence-corrected chi connectivity index (χ3v) is 5.69. The van der Waals surface area contributed by atoms with Gasteiger partial charge in [-0.25, -0.2) is 4.98 Å². The van der Waals surface area contributed by atoms with E-state index in [1.54, 1.807) is 0 Å². The van der Waals surface area contributed by atoms with E-state index in [4.69, 9.17) is 4.52 Å². The maximum absolute atomic E-state index is 12.2. The van der Waals surface area contributed by atoms with Crippen LogP contribution in [-0.2, 0) is 22.3 Å². The Labute approximate surface area is 135 Å². The lowest BCUT2D eigenvalue weighted by molar-refractivity contribution is 0.380. The molecule has 2 aromatic heterocycles. The van der Waals surface area contributed by atoms with E-state index in [9.17, 15) is 4.21 Å². The van der Waals surface area contributed by atoms with E-state index in [-0.39, 0.29) is 5.75 Å². The first-order valence-corrected chi connectivity index (χ1v) is 9.55. The Morgan fingerprint density at radius 3 is 2.73 bits per heavy atom. The lowest BCUT2D eigenvalue weighted by Crippen LogP contribution is -2.08. The van der Waals surface area contributed by atoms with Gasteiger partial charge in [0.05, 0.1) is 5.75 Å². The Morgan fingerprint density at radius 1 is 1.27 bits per heavy atom. The smallest absolute Gasteiger partial charge is 0.239 e. The van der Waals surface area contributed by atoms with Crippen molar-refractivity contribution in [2.24, 2.45) is 0 Å². The van der Waals surface area contributed by atoms with Crippen LogP contribution in [0.15, 0.2) is 4.52 Å². The summed E-state index contributed by atoms with van der Waals surface area (Å²) in [5, 5.41) is 4.84. The molecule has 1 saturated carbocycles. The van der Waals surface area contributed by atoms with Gasteiger partial charge >= 0.3 is 0 Å². The molecule has 1 fully saturated rings. The summed E-state index contributed by atoms with van der Waals surface area (Å²) in [5.74, 6) is 2.80. The van der Waals surface area contributed by atoms with E-state index < -0.39 is 10.8 Å². The highest BCUT2D eigenvalue weighted by atomic mass is 32.2. The highest BCUT2D eigenvalue weighted by molar-refractivity contribution is 7.83. The molecule has 1 aliphatic carbocycles. The quantitative estimate of drug-likeness (QED) is 0.795. The van der Waals surface area contributed by atoms with Gasteiger partial charge in [-0.1, -0.05) is 18.0 Å². The monoisotopic (exact) mass is 341 g/mol. The van der Waals surface area contributed by atoms with Crippen molar-refractivity contribution in [1.82, 2.24) is 19.5 Å². The van der Waals surface area contributed by atoms with Crippen molar-refractivity contribution in [3.05, 3.63) is 17.5 Å². The van der Waals surface area contributed by atoms with Crippen LogP contribution in [0.3, 0.4) is 0 Å². The van der Waals surface area contributed by atoms with Gasteiger partial charge in [0.15, 0.2) is 11.6 Å². The second-order valence-corrected chi connectivity index (χ2v) is 7.83. The third-order valence-electron chi connectivity index (χ3n) is 3.62. The normalized spacial score (nSPS) is 17.0. The second-order valence-electron chi connectivity index (χ2n) is 5.64. The molecule has 0 aliphatic heterocycles. The van der Waals surface area contributed by atoms with E-state index in [2.05, 4.69) is 19.5 Å². The number of rotatable bonds is 6. The first-order valence-electron chi connectivity index (χ1n) is 7.29. The molecule has 0 N–H and O–H groups in total. The summed E-state index contributed by atoms with van der Waals surface area (Å²) >= 11 is 1.31. The molecule has 9 heteroatoms. The summed E-state index contributed by atoms with van der Waals surface area (Å²) in [6, 6.07) is 0. The zero-order valence-electron chi connectivity index (χ0n) is 12.7. The summed E-state index contributed by atoms with van der Waals surface area (Å²) in [6.07, 6.45) is 4.70. The van der Waals surface area contributed by atoms with Gasteiger partial charge in [0.1, 0.15) is 5.75 Å². The molecule has 0 radical (unpaired) electrons. The van der Waals surface area contributed by atoms with Crippen molar-refractivity contribution in [3.8, 4) is 0 Å². The fraction of sp³-hybridized carbons (Fsp3) is 0.692. The van der Waals surface area contributed by atoms with Crippen LogP contribution in [0.25, 0.3) is 0 Å². The molecule has 0 saturated heterocycles. The minimum absolute atomic E-state index is 0.260. The summed E-state index contributed by atoms with van der Waals surface area (Å²) < 4.78 is 21.6. The molecule has 1 atom stereocenters. The largest absolute Gasteiger partial charge is 0.353 e. The minimum Gasteiger partial charge on any atom is -0.353 e. The molecule has 22 heavy (non-hydrogen) atoms. The summed E-state index contributed by atoms with van der Waals surface area (Å²) in [5.41, 5.74) is 0. The van der Waals surface area contributed by atoms with Crippen LogP contribution in [0.2, 0.25) is 0 Å². The molecule has 1 aliphatic rings. The zero-order valence-corrected chi connectivity index (χ0v) is 14.3. The van der Waals surface area contributed by atoms with Crippen molar-refractivity contribution < 1.29 is 8.73 Å². The zero-order chi connectivity index (χ0) is 15.5. The second kappa shape index (κ2) is 6.82. The molecule has 0 aromatic carbocycles. The summed E-state index contributed by atoms with van der Waals surface area (Å²) in [7, 11) is 2.67. The van der Waals surface area contributed by atoms with Crippen LogP contribution in [0.1, 0.15) is 49.1 Å². The van der Waals surface area contributed by atoms with Crippen LogP contribution in [0.5, 0.6) is 0 Å². The van der Waals surface area contributed by atoms with E-state index in [1.165, 1.54) is 24.4 Å². The number of nitrogens with zero attached hydrogens (tertiary/aromatic N) is 5.